The lowest BCUT2D eigenvalue weighted by molar-refractivity contribution is -0.125. The first-order valence-electron chi connectivity index (χ1n) is 16.3. The first kappa shape index (κ1) is 31.7. The molecule has 3 unspecified atom stereocenters. The largest absolute Gasteiger partial charge is 0.378 e. The molecule has 1 aromatic carbocycles. The lowest BCUT2D eigenvalue weighted by Crippen LogP contribution is -2.57. The van der Waals surface area contributed by atoms with E-state index in [4.69, 9.17) is 4.74 Å². The van der Waals surface area contributed by atoms with Gasteiger partial charge < -0.3 is 25.3 Å². The third-order valence-corrected chi connectivity index (χ3v) is 9.42. The molecule has 2 aromatic rings. The monoisotopic (exact) mass is 601 g/mol. The highest BCUT2D eigenvalue weighted by atomic mass is 16.5. The normalized spacial score (nSPS) is 23.1. The van der Waals surface area contributed by atoms with Crippen LogP contribution in [0.2, 0.25) is 0 Å². The smallest absolute Gasteiger partial charge is 0.342 e. The Bertz CT molecular complexity index is 1280. The molecular weight excluding hydrogens is 554 g/mol. The molecule has 10 heteroatoms. The van der Waals surface area contributed by atoms with Crippen LogP contribution < -0.4 is 10.6 Å². The van der Waals surface area contributed by atoms with Crippen LogP contribution in [-0.4, -0.2) is 90.6 Å². The second kappa shape index (κ2) is 15.4. The van der Waals surface area contributed by atoms with Crippen molar-refractivity contribution < 1.29 is 14.3 Å². The van der Waals surface area contributed by atoms with Gasteiger partial charge in [0.2, 0.25) is 5.91 Å². The predicted molar refractivity (Wildman–Crippen MR) is 170 cm³/mol. The number of aromatic nitrogens is 1. The van der Waals surface area contributed by atoms with E-state index in [1.165, 1.54) is 12.0 Å². The summed E-state index contributed by atoms with van der Waals surface area (Å²) in [7, 11) is 0. The Morgan fingerprint density at radius 2 is 1.89 bits per heavy atom. The summed E-state index contributed by atoms with van der Waals surface area (Å²) in [6, 6.07) is 16.4. The van der Waals surface area contributed by atoms with Gasteiger partial charge in [0.15, 0.2) is 0 Å². The number of likely N-dealkylation sites (tertiary alicyclic amines) is 1. The number of morpholine rings is 1. The number of nitriles is 1. The van der Waals surface area contributed by atoms with E-state index in [0.717, 1.165) is 50.9 Å². The van der Waals surface area contributed by atoms with Gasteiger partial charge in [-0.3, -0.25) is 9.69 Å². The van der Waals surface area contributed by atoms with Crippen molar-refractivity contribution in [3.05, 3.63) is 59.9 Å². The van der Waals surface area contributed by atoms with Crippen LogP contribution in [0.3, 0.4) is 0 Å². The standard InChI is InChI=1S/C34H47N7O3/c1-2-36-33(43)38-31(41-20-22-44-23-21-41)30(29(28-14-9-17-37-28)27-12-7-4-8-13-27)32(42)39-34(24-35)16-19-40(25-34)18-15-26-10-5-3-6-11-26/h3,5-6,9-11,14,17,27,29-30,37H,2,4,7-8,12-13,15-16,18-23,25H2,1H3,(H,36,43)(H,39,42). The highest BCUT2D eigenvalue weighted by Gasteiger charge is 2.46. The Labute approximate surface area is 261 Å². The first-order chi connectivity index (χ1) is 21.5. The SMILES string of the molecule is CCNC(=O)N=C(C(C(=O)NC1(C#N)CCN(CCc2ccccc2)C1)C(c1ccc[nH]1)C1CCCCC1)N1CCOCC1. The van der Waals surface area contributed by atoms with Gasteiger partial charge in [0, 0.05) is 57.1 Å². The van der Waals surface area contributed by atoms with Gasteiger partial charge in [0.1, 0.15) is 17.3 Å². The quantitative estimate of drug-likeness (QED) is 0.278. The maximum atomic E-state index is 14.8. The Balaban J connectivity index is 1.47. The molecule has 236 valence electrons. The van der Waals surface area contributed by atoms with Gasteiger partial charge in [-0.1, -0.05) is 49.6 Å². The maximum absolute atomic E-state index is 14.8. The molecule has 1 aliphatic carbocycles. The van der Waals surface area contributed by atoms with Gasteiger partial charge in [0.25, 0.3) is 0 Å². The second-order valence-corrected chi connectivity index (χ2v) is 12.4. The van der Waals surface area contributed by atoms with Crippen LogP contribution in [0, 0.1) is 23.2 Å². The molecule has 3 heterocycles. The highest BCUT2D eigenvalue weighted by molar-refractivity contribution is 6.08. The minimum absolute atomic E-state index is 0.215. The topological polar surface area (TPSA) is 126 Å². The fourth-order valence-electron chi connectivity index (χ4n) is 7.16. The van der Waals surface area contributed by atoms with Crippen molar-refractivity contribution in [1.82, 2.24) is 25.4 Å². The summed E-state index contributed by atoms with van der Waals surface area (Å²) >= 11 is 0. The summed E-state index contributed by atoms with van der Waals surface area (Å²) in [6.07, 6.45) is 8.73. The Hall–Kier alpha value is -3.68. The third kappa shape index (κ3) is 7.88. The zero-order valence-corrected chi connectivity index (χ0v) is 26.0. The lowest BCUT2D eigenvalue weighted by Gasteiger charge is -2.40. The number of urea groups is 1. The number of hydrogen-bond donors (Lipinski definition) is 3. The Morgan fingerprint density at radius 3 is 2.57 bits per heavy atom. The maximum Gasteiger partial charge on any atom is 0.342 e. The van der Waals surface area contributed by atoms with Crippen molar-refractivity contribution in [2.45, 2.75) is 63.3 Å². The van der Waals surface area contributed by atoms with Crippen LogP contribution in [-0.2, 0) is 16.0 Å². The van der Waals surface area contributed by atoms with E-state index in [9.17, 15) is 14.9 Å². The summed E-state index contributed by atoms with van der Waals surface area (Å²) in [5.74, 6) is -0.499. The number of carbonyl (C=O) groups is 2. The van der Waals surface area contributed by atoms with E-state index >= 15 is 0 Å². The van der Waals surface area contributed by atoms with Crippen LogP contribution in [0.25, 0.3) is 0 Å². The van der Waals surface area contributed by atoms with Gasteiger partial charge in [-0.05, 0) is 56.2 Å². The van der Waals surface area contributed by atoms with Gasteiger partial charge in [-0.2, -0.15) is 10.3 Å². The summed E-state index contributed by atoms with van der Waals surface area (Å²) < 4.78 is 5.65. The summed E-state index contributed by atoms with van der Waals surface area (Å²) in [4.78, 5) is 40.2. The number of rotatable bonds is 10. The number of amidine groups is 1. The number of nitrogens with zero attached hydrogens (tertiary/aromatic N) is 4. The molecule has 0 radical (unpaired) electrons. The molecule has 3 amide bonds. The number of hydrogen-bond acceptors (Lipinski definition) is 5. The number of amides is 3. The van der Waals surface area contributed by atoms with Crippen LogP contribution in [0.4, 0.5) is 4.79 Å². The molecular formula is C34H47N7O3. The average molecular weight is 602 g/mol. The van der Waals surface area contributed by atoms with E-state index in [0.29, 0.717) is 51.6 Å². The minimum atomic E-state index is -1.01. The molecule has 0 spiro atoms. The number of carbonyl (C=O) groups excluding carboxylic acids is 2. The summed E-state index contributed by atoms with van der Waals surface area (Å²) in [6.45, 7) is 6.39. The minimum Gasteiger partial charge on any atom is -0.378 e. The van der Waals surface area contributed by atoms with Gasteiger partial charge in [0.05, 0.1) is 19.3 Å². The van der Waals surface area contributed by atoms with Crippen LogP contribution in [0.5, 0.6) is 0 Å². The molecule has 2 saturated heterocycles. The molecule has 1 aromatic heterocycles. The molecule has 1 saturated carbocycles. The van der Waals surface area contributed by atoms with Crippen LogP contribution in [0.1, 0.15) is 62.6 Å². The van der Waals surface area contributed by atoms with Crippen LogP contribution in [0.15, 0.2) is 53.7 Å². The first-order valence-corrected chi connectivity index (χ1v) is 16.3. The molecule has 3 atom stereocenters. The number of benzene rings is 1. The number of nitrogens with one attached hydrogen (secondary N) is 3. The van der Waals surface area contributed by atoms with Gasteiger partial charge >= 0.3 is 6.03 Å². The Morgan fingerprint density at radius 1 is 1.11 bits per heavy atom. The van der Waals surface area contributed by atoms with Crippen molar-refractivity contribution in [2.75, 3.05) is 52.5 Å². The molecule has 44 heavy (non-hydrogen) atoms. The zero-order chi connectivity index (χ0) is 30.8. The van der Waals surface area contributed by atoms with Crippen LogP contribution >= 0.6 is 0 Å². The molecule has 2 aliphatic heterocycles. The van der Waals surface area contributed by atoms with E-state index < -0.39 is 17.5 Å². The van der Waals surface area contributed by atoms with Crippen molar-refractivity contribution in [1.29, 1.82) is 5.26 Å². The molecule has 0 bridgehead atoms. The number of ether oxygens (including phenoxy) is 1. The molecule has 3 N–H and O–H groups in total. The summed E-state index contributed by atoms with van der Waals surface area (Å²) in [5, 5.41) is 16.6. The Kier molecular flexibility index (Phi) is 11.1. The lowest BCUT2D eigenvalue weighted by atomic mass is 9.71. The second-order valence-electron chi connectivity index (χ2n) is 12.4. The molecule has 3 fully saturated rings. The molecule has 3 aliphatic rings. The number of H-pyrrole nitrogens is 1. The van der Waals surface area contributed by atoms with E-state index in [1.807, 2.05) is 48.4 Å². The average Bonchev–Trinajstić information content (AvgIpc) is 3.74. The summed E-state index contributed by atoms with van der Waals surface area (Å²) in [5.41, 5.74) is 1.21. The fourth-order valence-corrected chi connectivity index (χ4v) is 7.16. The predicted octanol–water partition coefficient (Wildman–Crippen LogP) is 4.08. The van der Waals surface area contributed by atoms with Gasteiger partial charge in [-0.25, -0.2) is 4.79 Å². The number of aliphatic imine (C=N–C) groups is 1. The van der Waals surface area contributed by atoms with E-state index in [1.54, 1.807) is 0 Å². The van der Waals surface area contributed by atoms with E-state index in [2.05, 4.69) is 43.7 Å². The van der Waals surface area contributed by atoms with Crippen molar-refractivity contribution >= 4 is 17.8 Å². The number of aromatic amines is 1. The molecule has 10 nitrogen and oxygen atoms in total. The zero-order valence-electron chi connectivity index (χ0n) is 26.0. The van der Waals surface area contributed by atoms with E-state index in [-0.39, 0.29) is 17.7 Å². The van der Waals surface area contributed by atoms with Gasteiger partial charge in [-0.15, -0.1) is 0 Å². The fraction of sp³-hybridized carbons (Fsp3) is 0.588. The molecule has 5 rings (SSSR count). The highest BCUT2D eigenvalue weighted by Crippen LogP contribution is 2.42. The van der Waals surface area contributed by atoms with Crippen molar-refractivity contribution in [3.8, 4) is 6.07 Å². The van der Waals surface area contributed by atoms with Crippen molar-refractivity contribution in [3.63, 3.8) is 0 Å². The third-order valence-electron chi connectivity index (χ3n) is 9.42. The van der Waals surface area contributed by atoms with Crippen molar-refractivity contribution in [2.24, 2.45) is 16.8 Å².